The summed E-state index contributed by atoms with van der Waals surface area (Å²) in [5.41, 5.74) is 1.46. The van der Waals surface area contributed by atoms with E-state index in [9.17, 15) is 14.0 Å². The lowest BCUT2D eigenvalue weighted by atomic mass is 10.2. The predicted molar refractivity (Wildman–Crippen MR) is 117 cm³/mol. The van der Waals surface area contributed by atoms with Gasteiger partial charge < -0.3 is 20.1 Å². The molecule has 3 aromatic carbocycles. The first kappa shape index (κ1) is 21.8. The Morgan fingerprint density at radius 3 is 2.29 bits per heavy atom. The Balaban J connectivity index is 1.58. The highest BCUT2D eigenvalue weighted by molar-refractivity contribution is 6.04. The van der Waals surface area contributed by atoms with Gasteiger partial charge in [0.2, 0.25) is 0 Å². The number of nitrogens with one attached hydrogen (secondary N) is 2. The van der Waals surface area contributed by atoms with Gasteiger partial charge in [-0.3, -0.25) is 9.59 Å². The minimum absolute atomic E-state index is 0.328. The van der Waals surface area contributed by atoms with Gasteiger partial charge in [0.1, 0.15) is 17.3 Å². The van der Waals surface area contributed by atoms with E-state index in [-0.39, 0.29) is 17.6 Å². The molecule has 1 atom stereocenters. The first-order valence-electron chi connectivity index (χ1n) is 9.82. The molecular formula is C24H23FN2O4. The molecule has 0 saturated carbocycles. The molecular weight excluding hydrogens is 399 g/mol. The van der Waals surface area contributed by atoms with Crippen LogP contribution >= 0.6 is 0 Å². The zero-order chi connectivity index (χ0) is 22.2. The maximum Gasteiger partial charge on any atom is 0.265 e. The average Bonchev–Trinajstić information content (AvgIpc) is 2.77. The number of hydrogen-bond acceptors (Lipinski definition) is 4. The molecule has 0 aliphatic carbocycles. The van der Waals surface area contributed by atoms with Crippen molar-refractivity contribution < 1.29 is 23.5 Å². The molecule has 0 aliphatic heterocycles. The maximum atomic E-state index is 13.0. The van der Waals surface area contributed by atoms with Crippen LogP contribution < -0.4 is 20.1 Å². The zero-order valence-corrected chi connectivity index (χ0v) is 17.2. The van der Waals surface area contributed by atoms with E-state index >= 15 is 0 Å². The smallest absolute Gasteiger partial charge is 0.265 e. The Kier molecular flexibility index (Phi) is 7.22. The third-order valence-electron chi connectivity index (χ3n) is 4.35. The second-order valence-electron chi connectivity index (χ2n) is 6.66. The Morgan fingerprint density at radius 2 is 1.61 bits per heavy atom. The van der Waals surface area contributed by atoms with Crippen LogP contribution in [-0.4, -0.2) is 24.5 Å². The number of benzene rings is 3. The molecule has 160 valence electrons. The molecule has 0 heterocycles. The highest BCUT2D eigenvalue weighted by Gasteiger charge is 2.17. The molecule has 0 saturated heterocycles. The molecule has 0 aliphatic rings. The fourth-order valence-corrected chi connectivity index (χ4v) is 2.76. The summed E-state index contributed by atoms with van der Waals surface area (Å²) in [7, 11) is 0. The van der Waals surface area contributed by atoms with E-state index in [1.807, 2.05) is 13.0 Å². The lowest BCUT2D eigenvalue weighted by Gasteiger charge is -2.16. The minimum atomic E-state index is -0.770. The van der Waals surface area contributed by atoms with Gasteiger partial charge in [-0.15, -0.1) is 0 Å². The number of anilines is 2. The van der Waals surface area contributed by atoms with E-state index in [4.69, 9.17) is 9.47 Å². The van der Waals surface area contributed by atoms with Gasteiger partial charge in [-0.2, -0.15) is 0 Å². The van der Waals surface area contributed by atoms with Gasteiger partial charge in [0.15, 0.2) is 6.10 Å². The summed E-state index contributed by atoms with van der Waals surface area (Å²) in [6.07, 6.45) is -0.770. The number of amides is 2. The van der Waals surface area contributed by atoms with Crippen molar-refractivity contribution in [2.24, 2.45) is 0 Å². The van der Waals surface area contributed by atoms with Crippen LogP contribution in [0.25, 0.3) is 0 Å². The molecule has 3 rings (SSSR count). The van der Waals surface area contributed by atoms with Crippen molar-refractivity contribution in [2.75, 3.05) is 17.2 Å². The predicted octanol–water partition coefficient (Wildman–Crippen LogP) is 4.88. The van der Waals surface area contributed by atoms with Crippen molar-refractivity contribution in [3.8, 4) is 11.5 Å². The Hall–Kier alpha value is -3.87. The van der Waals surface area contributed by atoms with Crippen LogP contribution in [0.5, 0.6) is 11.5 Å². The van der Waals surface area contributed by atoms with Gasteiger partial charge in [-0.05, 0) is 74.5 Å². The summed E-state index contributed by atoms with van der Waals surface area (Å²) in [6.45, 7) is 3.99. The maximum absolute atomic E-state index is 13.0. The summed E-state index contributed by atoms with van der Waals surface area (Å²) in [4.78, 5) is 24.8. The number of ether oxygens (including phenoxy) is 2. The summed E-state index contributed by atoms with van der Waals surface area (Å²) in [6, 6.07) is 19.1. The largest absolute Gasteiger partial charge is 0.492 e. The molecule has 2 amide bonds. The normalized spacial score (nSPS) is 11.3. The van der Waals surface area contributed by atoms with Crippen molar-refractivity contribution in [2.45, 2.75) is 20.0 Å². The van der Waals surface area contributed by atoms with E-state index < -0.39 is 6.10 Å². The lowest BCUT2D eigenvalue weighted by Crippen LogP contribution is -2.30. The third kappa shape index (κ3) is 6.05. The van der Waals surface area contributed by atoms with Gasteiger partial charge in [-0.25, -0.2) is 4.39 Å². The van der Waals surface area contributed by atoms with E-state index in [0.717, 1.165) is 0 Å². The second-order valence-corrected chi connectivity index (χ2v) is 6.66. The molecule has 0 bridgehead atoms. The third-order valence-corrected chi connectivity index (χ3v) is 4.35. The number of hydrogen-bond donors (Lipinski definition) is 2. The van der Waals surface area contributed by atoms with Crippen molar-refractivity contribution in [3.63, 3.8) is 0 Å². The molecule has 0 spiro atoms. The molecule has 0 unspecified atom stereocenters. The van der Waals surface area contributed by atoms with Gasteiger partial charge in [0.05, 0.1) is 12.3 Å². The lowest BCUT2D eigenvalue weighted by molar-refractivity contribution is -0.122. The Labute approximate surface area is 180 Å². The number of para-hydroxylation sites is 2. The van der Waals surface area contributed by atoms with Crippen LogP contribution in [0.2, 0.25) is 0 Å². The van der Waals surface area contributed by atoms with E-state index in [2.05, 4.69) is 10.6 Å². The van der Waals surface area contributed by atoms with Crippen LogP contribution in [0.4, 0.5) is 15.8 Å². The van der Waals surface area contributed by atoms with Crippen molar-refractivity contribution >= 4 is 23.2 Å². The van der Waals surface area contributed by atoms with Gasteiger partial charge in [0, 0.05) is 11.3 Å². The van der Waals surface area contributed by atoms with Gasteiger partial charge in [0.25, 0.3) is 11.8 Å². The van der Waals surface area contributed by atoms with Crippen molar-refractivity contribution in [1.29, 1.82) is 0 Å². The minimum Gasteiger partial charge on any atom is -0.492 e. The Bertz CT molecular complexity index is 1040. The first-order chi connectivity index (χ1) is 15.0. The van der Waals surface area contributed by atoms with Gasteiger partial charge in [-0.1, -0.05) is 12.1 Å². The molecule has 3 aromatic rings. The second kappa shape index (κ2) is 10.2. The monoisotopic (exact) mass is 422 g/mol. The summed E-state index contributed by atoms with van der Waals surface area (Å²) in [5, 5.41) is 5.48. The van der Waals surface area contributed by atoms with Crippen LogP contribution in [0.1, 0.15) is 24.2 Å². The van der Waals surface area contributed by atoms with E-state index in [1.165, 1.54) is 24.3 Å². The van der Waals surface area contributed by atoms with Crippen LogP contribution in [0.3, 0.4) is 0 Å². The molecule has 0 fully saturated rings. The molecule has 0 radical (unpaired) electrons. The summed E-state index contributed by atoms with van der Waals surface area (Å²) < 4.78 is 24.2. The summed E-state index contributed by atoms with van der Waals surface area (Å²) in [5.74, 6) is -0.0121. The molecule has 7 heteroatoms. The SMILES string of the molecule is CCOc1ccccc1NC(=O)[C@H](C)Oc1ccc(C(=O)Nc2ccc(F)cc2)cc1. The summed E-state index contributed by atoms with van der Waals surface area (Å²) >= 11 is 0. The topological polar surface area (TPSA) is 76.7 Å². The number of rotatable bonds is 8. The van der Waals surface area contributed by atoms with E-state index in [0.29, 0.717) is 35.0 Å². The molecule has 0 aromatic heterocycles. The van der Waals surface area contributed by atoms with Gasteiger partial charge >= 0.3 is 0 Å². The fraction of sp³-hybridized carbons (Fsp3) is 0.167. The molecule has 31 heavy (non-hydrogen) atoms. The highest BCUT2D eigenvalue weighted by atomic mass is 19.1. The number of halogens is 1. The standard InChI is InChI=1S/C24H23FN2O4/c1-3-30-22-7-5-4-6-21(22)27-23(28)16(2)31-20-14-8-17(9-15-20)24(29)26-19-12-10-18(25)11-13-19/h4-16H,3H2,1-2H3,(H,26,29)(H,27,28)/t16-/m0/s1. The quantitative estimate of drug-likeness (QED) is 0.542. The fourth-order valence-electron chi connectivity index (χ4n) is 2.76. The van der Waals surface area contributed by atoms with Crippen LogP contribution in [-0.2, 0) is 4.79 Å². The van der Waals surface area contributed by atoms with Crippen molar-refractivity contribution in [3.05, 3.63) is 84.2 Å². The van der Waals surface area contributed by atoms with E-state index in [1.54, 1.807) is 49.4 Å². The highest BCUT2D eigenvalue weighted by Crippen LogP contribution is 2.24. The number of carbonyl (C=O) groups excluding carboxylic acids is 2. The first-order valence-corrected chi connectivity index (χ1v) is 9.82. The molecule has 6 nitrogen and oxygen atoms in total. The Morgan fingerprint density at radius 1 is 0.935 bits per heavy atom. The van der Waals surface area contributed by atoms with Crippen LogP contribution in [0.15, 0.2) is 72.8 Å². The van der Waals surface area contributed by atoms with Crippen molar-refractivity contribution in [1.82, 2.24) is 0 Å². The molecule has 2 N–H and O–H groups in total. The average molecular weight is 422 g/mol. The zero-order valence-electron chi connectivity index (χ0n) is 17.2. The van der Waals surface area contributed by atoms with Crippen LogP contribution in [0, 0.1) is 5.82 Å². The number of carbonyl (C=O) groups is 2.